The lowest BCUT2D eigenvalue weighted by molar-refractivity contribution is -0.143. The Kier molecular flexibility index (Phi) is 5.16. The number of amides is 1. The Morgan fingerprint density at radius 3 is 2.44 bits per heavy atom. The molecule has 98 valence electrons. The minimum Gasteiger partial charge on any atom is -0.480 e. The van der Waals surface area contributed by atoms with E-state index >= 15 is 0 Å². The second kappa shape index (κ2) is 6.40. The number of carbonyl (C=O) groups excluding carboxylic acids is 1. The van der Waals surface area contributed by atoms with E-state index < -0.39 is 12.0 Å². The van der Waals surface area contributed by atoms with Gasteiger partial charge in [-0.05, 0) is 17.5 Å². The first-order chi connectivity index (χ1) is 8.41. The molecule has 0 saturated heterocycles. The normalized spacial score (nSPS) is 12.2. The molecule has 0 aliphatic rings. The molecule has 0 aliphatic heterocycles. The second-order valence-corrected chi connectivity index (χ2v) is 4.80. The lowest BCUT2D eigenvalue weighted by atomic mass is 10.0. The highest BCUT2D eigenvalue weighted by Gasteiger charge is 2.23. The van der Waals surface area contributed by atoms with E-state index in [0.717, 1.165) is 0 Å². The van der Waals surface area contributed by atoms with Crippen LogP contribution < -0.4 is 5.32 Å². The van der Waals surface area contributed by atoms with Crippen LogP contribution in [0.4, 0.5) is 0 Å². The van der Waals surface area contributed by atoms with E-state index in [4.69, 9.17) is 16.7 Å². The Morgan fingerprint density at radius 1 is 1.33 bits per heavy atom. The molecule has 0 saturated carbocycles. The van der Waals surface area contributed by atoms with Gasteiger partial charge in [0.1, 0.15) is 6.04 Å². The third-order valence-electron chi connectivity index (χ3n) is 2.56. The van der Waals surface area contributed by atoms with Crippen LogP contribution in [-0.2, 0) is 16.0 Å². The molecule has 0 unspecified atom stereocenters. The maximum Gasteiger partial charge on any atom is 0.326 e. The van der Waals surface area contributed by atoms with Crippen LogP contribution >= 0.6 is 11.6 Å². The number of benzene rings is 1. The van der Waals surface area contributed by atoms with Crippen molar-refractivity contribution < 1.29 is 14.7 Å². The molecule has 0 aromatic heterocycles. The third kappa shape index (κ3) is 4.04. The number of halogens is 1. The summed E-state index contributed by atoms with van der Waals surface area (Å²) in [6.45, 7) is 3.49. The highest BCUT2D eigenvalue weighted by atomic mass is 35.5. The molecule has 0 radical (unpaired) electrons. The fourth-order valence-electron chi connectivity index (χ4n) is 1.55. The molecule has 1 amide bonds. The van der Waals surface area contributed by atoms with Gasteiger partial charge in [0, 0.05) is 5.02 Å². The van der Waals surface area contributed by atoms with Crippen LogP contribution in [0.3, 0.4) is 0 Å². The van der Waals surface area contributed by atoms with Crippen molar-refractivity contribution in [3.63, 3.8) is 0 Å². The van der Waals surface area contributed by atoms with E-state index in [1.165, 1.54) is 0 Å². The fraction of sp³-hybridized carbons (Fsp3) is 0.385. The van der Waals surface area contributed by atoms with Crippen LogP contribution in [0.2, 0.25) is 5.02 Å². The van der Waals surface area contributed by atoms with Gasteiger partial charge in [0.25, 0.3) is 0 Å². The van der Waals surface area contributed by atoms with E-state index in [0.29, 0.717) is 10.6 Å². The van der Waals surface area contributed by atoms with Gasteiger partial charge in [-0.2, -0.15) is 0 Å². The number of carbonyl (C=O) groups is 2. The largest absolute Gasteiger partial charge is 0.480 e. The van der Waals surface area contributed by atoms with Crippen LogP contribution in [0, 0.1) is 5.92 Å². The summed E-state index contributed by atoms with van der Waals surface area (Å²) in [5, 5.41) is 12.0. The molecule has 4 nitrogen and oxygen atoms in total. The summed E-state index contributed by atoms with van der Waals surface area (Å²) in [6.07, 6.45) is 0.0795. The van der Waals surface area contributed by atoms with Crippen molar-refractivity contribution in [2.75, 3.05) is 0 Å². The van der Waals surface area contributed by atoms with Crippen LogP contribution in [-0.4, -0.2) is 23.0 Å². The average Bonchev–Trinajstić information content (AvgIpc) is 2.28. The molecule has 1 aromatic rings. The van der Waals surface area contributed by atoms with E-state index in [1.54, 1.807) is 38.1 Å². The Labute approximate surface area is 111 Å². The molecule has 0 fully saturated rings. The van der Waals surface area contributed by atoms with Crippen molar-refractivity contribution in [3.8, 4) is 0 Å². The standard InChI is InChI=1S/C13H16ClNO3/c1-8(2)12(13(17)18)15-11(16)7-9-5-3-4-6-10(9)14/h3-6,8,12H,7H2,1-2H3,(H,15,16)(H,17,18)/t12-/m0/s1. The van der Waals surface area contributed by atoms with Gasteiger partial charge in [-0.25, -0.2) is 4.79 Å². The zero-order chi connectivity index (χ0) is 13.7. The zero-order valence-corrected chi connectivity index (χ0v) is 11.1. The first kappa shape index (κ1) is 14.5. The molecule has 2 N–H and O–H groups in total. The van der Waals surface area contributed by atoms with E-state index in [1.807, 2.05) is 0 Å². The van der Waals surface area contributed by atoms with Crippen molar-refractivity contribution in [3.05, 3.63) is 34.9 Å². The van der Waals surface area contributed by atoms with Gasteiger partial charge < -0.3 is 10.4 Å². The molecule has 5 heteroatoms. The fourth-order valence-corrected chi connectivity index (χ4v) is 1.76. The molecular weight excluding hydrogens is 254 g/mol. The number of carboxylic acids is 1. The smallest absolute Gasteiger partial charge is 0.326 e. The molecule has 0 heterocycles. The van der Waals surface area contributed by atoms with Crippen molar-refractivity contribution >= 4 is 23.5 Å². The van der Waals surface area contributed by atoms with Crippen molar-refractivity contribution in [2.45, 2.75) is 26.3 Å². The lowest BCUT2D eigenvalue weighted by Gasteiger charge is -2.18. The van der Waals surface area contributed by atoms with E-state index in [9.17, 15) is 9.59 Å². The van der Waals surface area contributed by atoms with Crippen LogP contribution in [0.25, 0.3) is 0 Å². The second-order valence-electron chi connectivity index (χ2n) is 4.40. The van der Waals surface area contributed by atoms with Crippen LogP contribution in [0.5, 0.6) is 0 Å². The monoisotopic (exact) mass is 269 g/mol. The predicted octanol–water partition coefficient (Wildman–Crippen LogP) is 2.11. The number of aliphatic carboxylic acids is 1. The quantitative estimate of drug-likeness (QED) is 0.860. The molecular formula is C13H16ClNO3. The molecule has 1 aromatic carbocycles. The number of rotatable bonds is 5. The average molecular weight is 270 g/mol. The topological polar surface area (TPSA) is 66.4 Å². The Balaban J connectivity index is 2.67. The Morgan fingerprint density at radius 2 is 1.94 bits per heavy atom. The van der Waals surface area contributed by atoms with Crippen molar-refractivity contribution in [2.24, 2.45) is 5.92 Å². The predicted molar refractivity (Wildman–Crippen MR) is 69.6 cm³/mol. The van der Waals surface area contributed by atoms with Crippen molar-refractivity contribution in [1.82, 2.24) is 5.32 Å². The number of carboxylic acid groups (broad SMARTS) is 1. The van der Waals surface area contributed by atoms with Gasteiger partial charge >= 0.3 is 5.97 Å². The van der Waals surface area contributed by atoms with Gasteiger partial charge in [-0.1, -0.05) is 43.6 Å². The summed E-state index contributed by atoms with van der Waals surface area (Å²) in [5.74, 6) is -1.54. The molecule has 18 heavy (non-hydrogen) atoms. The first-order valence-corrected chi connectivity index (χ1v) is 6.05. The summed E-state index contributed by atoms with van der Waals surface area (Å²) in [5.41, 5.74) is 0.685. The molecule has 1 atom stereocenters. The first-order valence-electron chi connectivity index (χ1n) is 5.67. The molecule has 0 spiro atoms. The van der Waals surface area contributed by atoms with Gasteiger partial charge in [-0.15, -0.1) is 0 Å². The minimum atomic E-state index is -1.03. The molecule has 0 aliphatic carbocycles. The van der Waals surface area contributed by atoms with Gasteiger partial charge in [0.2, 0.25) is 5.91 Å². The lowest BCUT2D eigenvalue weighted by Crippen LogP contribution is -2.44. The molecule has 1 rings (SSSR count). The van der Waals surface area contributed by atoms with E-state index in [2.05, 4.69) is 5.32 Å². The summed E-state index contributed by atoms with van der Waals surface area (Å²) >= 11 is 5.93. The number of nitrogens with one attached hydrogen (secondary N) is 1. The maximum atomic E-state index is 11.8. The third-order valence-corrected chi connectivity index (χ3v) is 2.93. The summed E-state index contributed by atoms with van der Waals surface area (Å²) in [4.78, 5) is 22.7. The SMILES string of the molecule is CC(C)[C@H](NC(=O)Cc1ccccc1Cl)C(=O)O. The zero-order valence-electron chi connectivity index (χ0n) is 10.3. The summed E-state index contributed by atoms with van der Waals surface area (Å²) in [6, 6.07) is 6.12. The van der Waals surface area contributed by atoms with Gasteiger partial charge in [-0.3, -0.25) is 4.79 Å². The van der Waals surface area contributed by atoms with Gasteiger partial charge in [0.05, 0.1) is 6.42 Å². The van der Waals surface area contributed by atoms with Crippen molar-refractivity contribution in [1.29, 1.82) is 0 Å². The maximum absolute atomic E-state index is 11.8. The highest BCUT2D eigenvalue weighted by molar-refractivity contribution is 6.31. The molecule has 0 bridgehead atoms. The Bertz CT molecular complexity index is 446. The minimum absolute atomic E-state index is 0.0795. The van der Waals surface area contributed by atoms with Crippen LogP contribution in [0.15, 0.2) is 24.3 Å². The van der Waals surface area contributed by atoms with Gasteiger partial charge in [0.15, 0.2) is 0 Å². The number of hydrogen-bond acceptors (Lipinski definition) is 2. The highest BCUT2D eigenvalue weighted by Crippen LogP contribution is 2.15. The number of hydrogen-bond donors (Lipinski definition) is 2. The summed E-state index contributed by atoms with van der Waals surface area (Å²) < 4.78 is 0. The summed E-state index contributed by atoms with van der Waals surface area (Å²) in [7, 11) is 0. The Hall–Kier alpha value is -1.55. The van der Waals surface area contributed by atoms with Crippen LogP contribution in [0.1, 0.15) is 19.4 Å². The van der Waals surface area contributed by atoms with E-state index in [-0.39, 0.29) is 18.2 Å².